The van der Waals surface area contributed by atoms with Crippen molar-refractivity contribution in [2.24, 2.45) is 0 Å². The van der Waals surface area contributed by atoms with Gasteiger partial charge in [0.25, 0.3) is 0 Å². The van der Waals surface area contributed by atoms with Gasteiger partial charge < -0.3 is 20.1 Å². The molecule has 1 aliphatic rings. The Morgan fingerprint density at radius 1 is 1.28 bits per heavy atom. The van der Waals surface area contributed by atoms with Crippen molar-refractivity contribution in [1.82, 2.24) is 15.5 Å². The van der Waals surface area contributed by atoms with Gasteiger partial charge in [-0.2, -0.15) is 0 Å². The fourth-order valence-corrected chi connectivity index (χ4v) is 2.98. The average Bonchev–Trinajstić information content (AvgIpc) is 2.61. The maximum Gasteiger partial charge on any atom is 0.237 e. The zero-order chi connectivity index (χ0) is 18.4. The van der Waals surface area contributed by atoms with Gasteiger partial charge in [0.2, 0.25) is 11.8 Å². The molecule has 138 valence electrons. The molecule has 0 aromatic heterocycles. The number of nitrogens with zero attached hydrogens (tertiary/aromatic N) is 1. The molecule has 0 spiro atoms. The van der Waals surface area contributed by atoms with Gasteiger partial charge in [-0.25, -0.2) is 0 Å². The van der Waals surface area contributed by atoms with E-state index in [9.17, 15) is 9.59 Å². The van der Waals surface area contributed by atoms with E-state index in [0.717, 1.165) is 12.1 Å². The number of piperazine rings is 1. The molecule has 2 N–H and O–H groups in total. The van der Waals surface area contributed by atoms with Gasteiger partial charge in [0.05, 0.1) is 26.7 Å². The van der Waals surface area contributed by atoms with Crippen molar-refractivity contribution < 1.29 is 19.1 Å². The van der Waals surface area contributed by atoms with Gasteiger partial charge in [0.1, 0.15) is 11.5 Å². The maximum atomic E-state index is 12.3. The van der Waals surface area contributed by atoms with Crippen LogP contribution in [0.3, 0.4) is 0 Å². The number of carbonyl (C=O) groups excluding carboxylic acids is 2. The lowest BCUT2D eigenvalue weighted by molar-refractivity contribution is -0.134. The number of amides is 2. The minimum absolute atomic E-state index is 0.0850. The second-order valence-corrected chi connectivity index (χ2v) is 6.34. The summed E-state index contributed by atoms with van der Waals surface area (Å²) < 4.78 is 10.5. The Hall–Kier alpha value is -2.28. The van der Waals surface area contributed by atoms with Crippen molar-refractivity contribution in [2.45, 2.75) is 38.9 Å². The summed E-state index contributed by atoms with van der Waals surface area (Å²) in [6, 6.07) is 5.26. The molecule has 1 aliphatic heterocycles. The molecule has 0 radical (unpaired) electrons. The summed E-state index contributed by atoms with van der Waals surface area (Å²) in [5.74, 6) is 1.09. The van der Waals surface area contributed by atoms with Crippen LogP contribution >= 0.6 is 0 Å². The molecule has 7 nitrogen and oxygen atoms in total. The van der Waals surface area contributed by atoms with E-state index in [1.807, 2.05) is 26.0 Å². The molecule has 1 atom stereocenters. The van der Waals surface area contributed by atoms with E-state index in [0.29, 0.717) is 24.6 Å². The molecule has 1 aromatic rings. The van der Waals surface area contributed by atoms with Crippen molar-refractivity contribution in [3.05, 3.63) is 23.8 Å². The minimum atomic E-state index is -0.423. The van der Waals surface area contributed by atoms with Crippen molar-refractivity contribution >= 4 is 11.8 Å². The van der Waals surface area contributed by atoms with E-state index in [4.69, 9.17) is 9.47 Å². The Bertz CT molecular complexity index is 596. The van der Waals surface area contributed by atoms with Gasteiger partial charge in [-0.3, -0.25) is 14.5 Å². The molecule has 0 bridgehead atoms. The molecule has 1 heterocycles. The van der Waals surface area contributed by atoms with Crippen LogP contribution in [0.1, 0.15) is 25.8 Å². The number of hydrogen-bond acceptors (Lipinski definition) is 5. The average molecular weight is 349 g/mol. The number of benzene rings is 1. The first-order valence-electron chi connectivity index (χ1n) is 8.46. The van der Waals surface area contributed by atoms with E-state index in [1.165, 1.54) is 0 Å². The molecule has 0 aliphatic carbocycles. The van der Waals surface area contributed by atoms with Gasteiger partial charge in [-0.1, -0.05) is 0 Å². The van der Waals surface area contributed by atoms with Gasteiger partial charge >= 0.3 is 0 Å². The first kappa shape index (κ1) is 19.1. The molecule has 1 aromatic carbocycles. The van der Waals surface area contributed by atoms with Crippen LogP contribution in [-0.2, 0) is 16.1 Å². The van der Waals surface area contributed by atoms with E-state index < -0.39 is 6.04 Å². The molecule has 2 amide bonds. The third-order valence-corrected chi connectivity index (χ3v) is 4.32. The van der Waals surface area contributed by atoms with Crippen molar-refractivity contribution in [3.63, 3.8) is 0 Å². The largest absolute Gasteiger partial charge is 0.497 e. The summed E-state index contributed by atoms with van der Waals surface area (Å²) in [5.41, 5.74) is 0.873. The maximum absolute atomic E-state index is 12.3. The molecular weight excluding hydrogens is 322 g/mol. The molecule has 25 heavy (non-hydrogen) atoms. The van der Waals surface area contributed by atoms with E-state index in [-0.39, 0.29) is 24.3 Å². The molecule has 1 unspecified atom stereocenters. The zero-order valence-corrected chi connectivity index (χ0v) is 15.3. The Morgan fingerprint density at radius 2 is 1.92 bits per heavy atom. The molecule has 1 saturated heterocycles. The summed E-state index contributed by atoms with van der Waals surface area (Å²) in [5, 5.41) is 5.70. The third-order valence-electron chi connectivity index (χ3n) is 4.32. The van der Waals surface area contributed by atoms with Crippen LogP contribution < -0.4 is 20.1 Å². The third kappa shape index (κ3) is 5.09. The summed E-state index contributed by atoms with van der Waals surface area (Å²) in [7, 11) is 3.17. The van der Waals surface area contributed by atoms with Crippen LogP contribution in [0.4, 0.5) is 0 Å². The van der Waals surface area contributed by atoms with E-state index in [2.05, 4.69) is 15.5 Å². The van der Waals surface area contributed by atoms with E-state index >= 15 is 0 Å². The Morgan fingerprint density at radius 3 is 2.48 bits per heavy atom. The highest BCUT2D eigenvalue weighted by molar-refractivity contribution is 5.88. The van der Waals surface area contributed by atoms with Crippen LogP contribution in [0, 0.1) is 0 Å². The Kier molecular flexibility index (Phi) is 6.64. The molecule has 7 heteroatoms. The first-order chi connectivity index (χ1) is 11.9. The van der Waals surface area contributed by atoms with Crippen molar-refractivity contribution in [3.8, 4) is 11.5 Å². The summed E-state index contributed by atoms with van der Waals surface area (Å²) in [6.45, 7) is 5.80. The van der Waals surface area contributed by atoms with Crippen molar-refractivity contribution in [1.29, 1.82) is 0 Å². The lowest BCUT2D eigenvalue weighted by Gasteiger charge is -2.37. The molecule has 2 rings (SSSR count). The number of rotatable bonds is 7. The Balaban J connectivity index is 1.97. The van der Waals surface area contributed by atoms with E-state index in [1.54, 1.807) is 20.3 Å². The molecular formula is C18H27N3O4. The number of hydrogen-bond donors (Lipinski definition) is 2. The number of nitrogens with one attached hydrogen (secondary N) is 2. The summed E-state index contributed by atoms with van der Waals surface area (Å²) >= 11 is 0. The topological polar surface area (TPSA) is 79.9 Å². The second-order valence-electron chi connectivity index (χ2n) is 6.34. The summed E-state index contributed by atoms with van der Waals surface area (Å²) in [4.78, 5) is 26.5. The highest BCUT2D eigenvalue weighted by atomic mass is 16.5. The Labute approximate surface area is 148 Å². The second kappa shape index (κ2) is 8.71. The number of ether oxygens (including phenoxy) is 2. The quantitative estimate of drug-likeness (QED) is 0.765. The number of carbonyl (C=O) groups is 2. The normalized spacial score (nSPS) is 18.0. The van der Waals surface area contributed by atoms with Crippen LogP contribution in [0.5, 0.6) is 11.5 Å². The van der Waals surface area contributed by atoms with Gasteiger partial charge in [0, 0.05) is 31.7 Å². The van der Waals surface area contributed by atoms with Crippen LogP contribution in [-0.4, -0.2) is 56.1 Å². The lowest BCUT2D eigenvalue weighted by atomic mass is 10.1. The SMILES string of the molecule is COc1cc(CNC(=O)CC2C(=O)NCCN2C(C)C)cc(OC)c1. The van der Waals surface area contributed by atoms with Crippen LogP contribution in [0.15, 0.2) is 18.2 Å². The predicted octanol–water partition coefficient (Wildman–Crippen LogP) is 0.919. The monoisotopic (exact) mass is 349 g/mol. The fourth-order valence-electron chi connectivity index (χ4n) is 2.98. The highest BCUT2D eigenvalue weighted by Gasteiger charge is 2.32. The van der Waals surface area contributed by atoms with Crippen LogP contribution in [0.2, 0.25) is 0 Å². The lowest BCUT2D eigenvalue weighted by Crippen LogP contribution is -2.58. The molecule has 0 saturated carbocycles. The summed E-state index contributed by atoms with van der Waals surface area (Å²) in [6.07, 6.45) is 0.144. The predicted molar refractivity (Wildman–Crippen MR) is 94.6 cm³/mol. The number of methoxy groups -OCH3 is 2. The zero-order valence-electron chi connectivity index (χ0n) is 15.3. The standard InChI is InChI=1S/C18H27N3O4/c1-12(2)21-6-5-19-18(23)16(21)10-17(22)20-11-13-7-14(24-3)9-15(8-13)25-4/h7-9,12,16H,5-6,10-11H2,1-4H3,(H,19,23)(H,20,22). The fraction of sp³-hybridized carbons (Fsp3) is 0.556. The van der Waals surface area contributed by atoms with Gasteiger partial charge in [-0.05, 0) is 31.5 Å². The minimum Gasteiger partial charge on any atom is -0.497 e. The molecule has 1 fully saturated rings. The van der Waals surface area contributed by atoms with Gasteiger partial charge in [0.15, 0.2) is 0 Å². The van der Waals surface area contributed by atoms with Gasteiger partial charge in [-0.15, -0.1) is 0 Å². The van der Waals surface area contributed by atoms with Crippen LogP contribution in [0.25, 0.3) is 0 Å². The smallest absolute Gasteiger partial charge is 0.237 e. The van der Waals surface area contributed by atoms with Crippen molar-refractivity contribution in [2.75, 3.05) is 27.3 Å². The highest BCUT2D eigenvalue weighted by Crippen LogP contribution is 2.22. The first-order valence-corrected chi connectivity index (χ1v) is 8.46.